The van der Waals surface area contributed by atoms with E-state index in [0.29, 0.717) is 11.4 Å². The minimum Gasteiger partial charge on any atom is -0.490 e. The van der Waals surface area contributed by atoms with Crippen molar-refractivity contribution in [1.29, 1.82) is 0 Å². The average molecular weight is 329 g/mol. The van der Waals surface area contributed by atoms with Gasteiger partial charge in [0.25, 0.3) is 0 Å². The van der Waals surface area contributed by atoms with Crippen molar-refractivity contribution in [2.45, 2.75) is 52.2 Å². The lowest BCUT2D eigenvalue weighted by Crippen LogP contribution is -2.27. The van der Waals surface area contributed by atoms with Gasteiger partial charge < -0.3 is 9.47 Å². The van der Waals surface area contributed by atoms with Crippen LogP contribution in [-0.2, 0) is 4.74 Å². The zero-order valence-corrected chi connectivity index (χ0v) is 14.5. The second kappa shape index (κ2) is 6.19. The molecule has 0 saturated heterocycles. The number of aryl methyl sites for hydroxylation is 1. The molecule has 1 aromatic carbocycles. The minimum absolute atomic E-state index is 0.289. The Hall–Kier alpha value is -2.50. The lowest BCUT2D eigenvalue weighted by Gasteiger charge is -2.19. The molecule has 0 spiro atoms. The summed E-state index contributed by atoms with van der Waals surface area (Å²) in [6, 6.07) is 5.99. The predicted molar refractivity (Wildman–Crippen MR) is 92.3 cm³/mol. The molecule has 1 fully saturated rings. The number of hydrogen-bond donors (Lipinski definition) is 2. The van der Waals surface area contributed by atoms with Gasteiger partial charge in [0.1, 0.15) is 11.4 Å². The number of carbonyl (C=O) groups is 1. The highest BCUT2D eigenvalue weighted by atomic mass is 16.6. The van der Waals surface area contributed by atoms with E-state index in [1.165, 1.54) is 0 Å². The predicted octanol–water partition coefficient (Wildman–Crippen LogP) is 4.27. The molecule has 3 rings (SSSR count). The van der Waals surface area contributed by atoms with Crippen LogP contribution in [0.4, 0.5) is 10.5 Å². The summed E-state index contributed by atoms with van der Waals surface area (Å²) < 4.78 is 11.3. The molecule has 1 aliphatic rings. The maximum atomic E-state index is 12.0. The van der Waals surface area contributed by atoms with E-state index in [4.69, 9.17) is 9.47 Å². The number of H-pyrrole nitrogens is 1. The first-order valence-electron chi connectivity index (χ1n) is 8.13. The van der Waals surface area contributed by atoms with E-state index >= 15 is 0 Å². The zero-order valence-electron chi connectivity index (χ0n) is 14.5. The van der Waals surface area contributed by atoms with Crippen molar-refractivity contribution in [3.8, 4) is 17.0 Å². The molecule has 1 aromatic heterocycles. The van der Waals surface area contributed by atoms with E-state index in [-0.39, 0.29) is 6.10 Å². The Bertz CT molecular complexity index is 742. The number of aromatic nitrogens is 2. The highest BCUT2D eigenvalue weighted by Crippen LogP contribution is 2.37. The minimum atomic E-state index is -0.558. The van der Waals surface area contributed by atoms with Crippen LogP contribution in [0.2, 0.25) is 0 Å². The number of aromatic amines is 1. The Kier molecular flexibility index (Phi) is 4.22. The van der Waals surface area contributed by atoms with E-state index in [2.05, 4.69) is 15.5 Å². The van der Waals surface area contributed by atoms with Crippen molar-refractivity contribution in [2.75, 3.05) is 5.32 Å². The molecule has 0 radical (unpaired) electrons. The third-order valence-corrected chi connectivity index (χ3v) is 3.50. The average Bonchev–Trinajstić information content (AvgIpc) is 3.16. The van der Waals surface area contributed by atoms with Crippen molar-refractivity contribution in [2.24, 2.45) is 0 Å². The molecule has 0 bridgehead atoms. The Labute approximate surface area is 141 Å². The van der Waals surface area contributed by atoms with Gasteiger partial charge in [0.05, 0.1) is 23.7 Å². The lowest BCUT2D eigenvalue weighted by molar-refractivity contribution is 0.0636. The second-order valence-corrected chi connectivity index (χ2v) is 7.10. The summed E-state index contributed by atoms with van der Waals surface area (Å²) in [7, 11) is 0. The fraction of sp³-hybridized carbons (Fsp3) is 0.444. The molecule has 1 amide bonds. The Morgan fingerprint density at radius 2 is 2.08 bits per heavy atom. The molecule has 6 heteroatoms. The highest BCUT2D eigenvalue weighted by molar-refractivity contribution is 5.91. The van der Waals surface area contributed by atoms with E-state index in [1.807, 2.05) is 45.9 Å². The van der Waals surface area contributed by atoms with Crippen LogP contribution in [0.3, 0.4) is 0 Å². The Morgan fingerprint density at radius 3 is 2.75 bits per heavy atom. The summed E-state index contributed by atoms with van der Waals surface area (Å²) in [4.78, 5) is 12.0. The van der Waals surface area contributed by atoms with Crippen LogP contribution in [0.25, 0.3) is 11.3 Å². The molecule has 6 nitrogen and oxygen atoms in total. The van der Waals surface area contributed by atoms with Crippen molar-refractivity contribution < 1.29 is 14.3 Å². The first-order valence-corrected chi connectivity index (χ1v) is 8.13. The van der Waals surface area contributed by atoms with Crippen LogP contribution in [0, 0.1) is 6.92 Å². The van der Waals surface area contributed by atoms with E-state index in [0.717, 1.165) is 29.7 Å². The molecule has 0 atom stereocenters. The summed E-state index contributed by atoms with van der Waals surface area (Å²) in [5.41, 5.74) is 2.70. The van der Waals surface area contributed by atoms with Gasteiger partial charge in [-0.15, -0.1) is 0 Å². The molecule has 1 heterocycles. The quantitative estimate of drug-likeness (QED) is 0.878. The van der Waals surface area contributed by atoms with Crippen LogP contribution in [0.15, 0.2) is 24.4 Å². The van der Waals surface area contributed by atoms with Gasteiger partial charge in [-0.1, -0.05) is 11.6 Å². The van der Waals surface area contributed by atoms with Gasteiger partial charge in [0.2, 0.25) is 0 Å². The number of carbonyl (C=O) groups excluding carboxylic acids is 1. The summed E-state index contributed by atoms with van der Waals surface area (Å²) >= 11 is 0. The molecule has 128 valence electrons. The monoisotopic (exact) mass is 329 g/mol. The number of rotatable bonds is 4. The standard InChI is InChI=1S/C18H23N3O3/c1-11-5-8-15(23-12-6-7-12)13(9-11)16-14(10-19-21-16)20-17(22)24-18(2,3)4/h5,8-10,12H,6-7H2,1-4H3,(H,19,21)(H,20,22). The van der Waals surface area contributed by atoms with Gasteiger partial charge in [-0.2, -0.15) is 5.10 Å². The van der Waals surface area contributed by atoms with Crippen LogP contribution >= 0.6 is 0 Å². The SMILES string of the molecule is Cc1ccc(OC2CC2)c(-c2[nH]ncc2NC(=O)OC(C)(C)C)c1. The normalized spacial score (nSPS) is 14.3. The summed E-state index contributed by atoms with van der Waals surface area (Å²) in [6.07, 6.45) is 3.51. The van der Waals surface area contributed by atoms with Crippen LogP contribution in [-0.4, -0.2) is 28.0 Å². The van der Waals surface area contributed by atoms with Gasteiger partial charge in [0.15, 0.2) is 0 Å². The second-order valence-electron chi connectivity index (χ2n) is 7.10. The Balaban J connectivity index is 1.87. The van der Waals surface area contributed by atoms with Gasteiger partial charge in [-0.05, 0) is 52.7 Å². The summed E-state index contributed by atoms with van der Waals surface area (Å²) in [5, 5.41) is 9.76. The van der Waals surface area contributed by atoms with Crippen LogP contribution < -0.4 is 10.1 Å². The zero-order chi connectivity index (χ0) is 17.3. The van der Waals surface area contributed by atoms with E-state index in [1.54, 1.807) is 6.20 Å². The van der Waals surface area contributed by atoms with Crippen LogP contribution in [0.5, 0.6) is 5.75 Å². The van der Waals surface area contributed by atoms with Crippen LogP contribution in [0.1, 0.15) is 39.2 Å². The smallest absolute Gasteiger partial charge is 0.412 e. The molecule has 1 aliphatic carbocycles. The molecule has 24 heavy (non-hydrogen) atoms. The fourth-order valence-electron chi connectivity index (χ4n) is 2.31. The molecule has 2 aromatic rings. The van der Waals surface area contributed by atoms with Gasteiger partial charge >= 0.3 is 6.09 Å². The number of amides is 1. The molecular formula is C18H23N3O3. The largest absolute Gasteiger partial charge is 0.490 e. The molecule has 1 saturated carbocycles. The molecular weight excluding hydrogens is 306 g/mol. The van der Waals surface area contributed by atoms with Gasteiger partial charge in [-0.25, -0.2) is 4.79 Å². The summed E-state index contributed by atoms with van der Waals surface area (Å²) in [6.45, 7) is 7.49. The fourth-order valence-corrected chi connectivity index (χ4v) is 2.31. The first kappa shape index (κ1) is 16.4. The highest BCUT2D eigenvalue weighted by Gasteiger charge is 2.26. The number of nitrogens with one attached hydrogen (secondary N) is 2. The van der Waals surface area contributed by atoms with Gasteiger partial charge in [-0.3, -0.25) is 10.4 Å². The van der Waals surface area contributed by atoms with E-state index in [9.17, 15) is 4.79 Å². The Morgan fingerprint density at radius 1 is 1.33 bits per heavy atom. The van der Waals surface area contributed by atoms with Crippen molar-refractivity contribution in [1.82, 2.24) is 10.2 Å². The number of ether oxygens (including phenoxy) is 2. The third-order valence-electron chi connectivity index (χ3n) is 3.50. The molecule has 0 unspecified atom stereocenters. The number of hydrogen-bond acceptors (Lipinski definition) is 4. The molecule has 0 aliphatic heterocycles. The lowest BCUT2D eigenvalue weighted by atomic mass is 10.1. The molecule has 2 N–H and O–H groups in total. The van der Waals surface area contributed by atoms with Gasteiger partial charge in [0, 0.05) is 5.56 Å². The third kappa shape index (κ3) is 4.07. The van der Waals surface area contributed by atoms with Crippen molar-refractivity contribution in [3.63, 3.8) is 0 Å². The number of benzene rings is 1. The maximum absolute atomic E-state index is 12.0. The van der Waals surface area contributed by atoms with Crippen molar-refractivity contribution in [3.05, 3.63) is 30.0 Å². The van der Waals surface area contributed by atoms with Crippen molar-refractivity contribution >= 4 is 11.8 Å². The summed E-state index contributed by atoms with van der Waals surface area (Å²) in [5.74, 6) is 0.791. The van der Waals surface area contributed by atoms with E-state index < -0.39 is 11.7 Å². The maximum Gasteiger partial charge on any atom is 0.412 e. The first-order chi connectivity index (χ1) is 11.3. The number of anilines is 1. The topological polar surface area (TPSA) is 76.2 Å². The number of nitrogens with zero attached hydrogens (tertiary/aromatic N) is 1.